The van der Waals surface area contributed by atoms with Crippen LogP contribution in [0.4, 0.5) is 5.69 Å². The number of rotatable bonds is 5. The minimum absolute atomic E-state index is 0.111. The van der Waals surface area contributed by atoms with Gasteiger partial charge in [0.1, 0.15) is 6.29 Å². The van der Waals surface area contributed by atoms with Crippen LogP contribution in [0.3, 0.4) is 0 Å². The average Bonchev–Trinajstić information content (AvgIpc) is 2.30. The molecule has 1 aromatic rings. The summed E-state index contributed by atoms with van der Waals surface area (Å²) >= 11 is 0. The van der Waals surface area contributed by atoms with Gasteiger partial charge in [-0.05, 0) is 18.6 Å². The lowest BCUT2D eigenvalue weighted by Gasteiger charge is -2.04. The topological polar surface area (TPSA) is 97.5 Å². The Bertz CT molecular complexity index is 498. The number of carbonyl (C=O) groups is 2. The van der Waals surface area contributed by atoms with Gasteiger partial charge in [0.15, 0.2) is 0 Å². The molecule has 1 N–H and O–H groups in total. The first-order valence-electron chi connectivity index (χ1n) is 5.10. The first-order valence-corrected chi connectivity index (χ1v) is 5.10. The van der Waals surface area contributed by atoms with Crippen molar-refractivity contribution in [3.05, 3.63) is 45.0 Å². The van der Waals surface area contributed by atoms with Crippen molar-refractivity contribution in [3.8, 4) is 0 Å². The first-order chi connectivity index (χ1) is 8.47. The highest BCUT2D eigenvalue weighted by atomic mass is 16.6. The van der Waals surface area contributed by atoms with Gasteiger partial charge in [0, 0.05) is 18.1 Å². The Morgan fingerprint density at radius 3 is 2.67 bits per heavy atom. The molecule has 0 saturated carbocycles. The molecule has 0 aliphatic heterocycles. The summed E-state index contributed by atoms with van der Waals surface area (Å²) in [5, 5.41) is 19.8. The number of nitrogens with zero attached hydrogens (tertiary/aromatic N) is 1. The van der Waals surface area contributed by atoms with E-state index in [1.54, 1.807) is 0 Å². The number of aromatic carboxylic acids is 1. The van der Waals surface area contributed by atoms with E-state index in [9.17, 15) is 19.7 Å². The minimum atomic E-state index is -1.22. The number of hydrogen-bond donors (Lipinski definition) is 1. The molecule has 0 heterocycles. The third-order valence-electron chi connectivity index (χ3n) is 2.37. The minimum Gasteiger partial charge on any atom is -0.478 e. The Hall–Kier alpha value is -2.50. The fraction of sp³-hybridized carbons (Fsp3) is 0.167. The van der Waals surface area contributed by atoms with Crippen LogP contribution in [0.5, 0.6) is 0 Å². The molecular weight excluding hydrogens is 238 g/mol. The zero-order chi connectivity index (χ0) is 13.7. The smallest absolute Gasteiger partial charge is 0.336 e. The largest absolute Gasteiger partial charge is 0.478 e. The third-order valence-corrected chi connectivity index (χ3v) is 2.37. The summed E-state index contributed by atoms with van der Waals surface area (Å²) in [7, 11) is 0. The van der Waals surface area contributed by atoms with Gasteiger partial charge >= 0.3 is 5.97 Å². The van der Waals surface area contributed by atoms with Crippen LogP contribution in [0.1, 0.15) is 27.9 Å². The maximum atomic E-state index is 11.0. The van der Waals surface area contributed by atoms with Gasteiger partial charge in [-0.15, -0.1) is 0 Å². The molecule has 0 aliphatic rings. The molecular formula is C12H11NO5. The summed E-state index contributed by atoms with van der Waals surface area (Å²) in [4.78, 5) is 31.3. The molecule has 94 valence electrons. The lowest BCUT2D eigenvalue weighted by atomic mass is 10.0. The Morgan fingerprint density at radius 1 is 1.50 bits per heavy atom. The van der Waals surface area contributed by atoms with Gasteiger partial charge in [-0.2, -0.15) is 0 Å². The molecule has 0 atom stereocenters. The Labute approximate surface area is 103 Å². The fourth-order valence-electron chi connectivity index (χ4n) is 1.49. The van der Waals surface area contributed by atoms with E-state index in [1.807, 2.05) is 0 Å². The average molecular weight is 249 g/mol. The second kappa shape index (κ2) is 5.72. The molecule has 0 unspecified atom stereocenters. The van der Waals surface area contributed by atoms with E-state index < -0.39 is 10.9 Å². The number of nitro groups is 1. The van der Waals surface area contributed by atoms with E-state index in [4.69, 9.17) is 5.11 Å². The van der Waals surface area contributed by atoms with Crippen LogP contribution < -0.4 is 0 Å². The van der Waals surface area contributed by atoms with Crippen LogP contribution in [-0.2, 0) is 4.79 Å². The van der Waals surface area contributed by atoms with Crippen LogP contribution in [0.25, 0.3) is 6.08 Å². The molecule has 0 amide bonds. The number of hydrogen-bond acceptors (Lipinski definition) is 4. The molecule has 0 saturated heterocycles. The molecule has 0 aromatic heterocycles. The monoisotopic (exact) mass is 249 g/mol. The molecule has 1 rings (SSSR count). The van der Waals surface area contributed by atoms with E-state index in [0.717, 1.165) is 0 Å². The molecule has 0 aliphatic carbocycles. The normalized spacial score (nSPS) is 10.5. The molecule has 0 fully saturated rings. The van der Waals surface area contributed by atoms with Crippen molar-refractivity contribution < 1.29 is 19.6 Å². The SMILES string of the molecule is Cc1c(C(=O)O)cc(C=CCC=O)cc1[N+](=O)[O-]. The van der Waals surface area contributed by atoms with Crippen LogP contribution >= 0.6 is 0 Å². The van der Waals surface area contributed by atoms with Crippen molar-refractivity contribution in [2.24, 2.45) is 0 Å². The van der Waals surface area contributed by atoms with E-state index in [2.05, 4.69) is 0 Å². The van der Waals surface area contributed by atoms with Gasteiger partial charge in [-0.3, -0.25) is 10.1 Å². The lowest BCUT2D eigenvalue weighted by molar-refractivity contribution is -0.385. The summed E-state index contributed by atoms with van der Waals surface area (Å²) in [5.74, 6) is -1.22. The standard InChI is InChI=1S/C12H11NO5/c1-8-10(12(15)16)6-9(4-2-3-5-14)7-11(8)13(17)18/h2,4-7H,3H2,1H3,(H,15,16). The van der Waals surface area contributed by atoms with Gasteiger partial charge in [-0.1, -0.05) is 12.2 Å². The number of carboxylic acids is 1. The highest BCUT2D eigenvalue weighted by Gasteiger charge is 2.19. The van der Waals surface area contributed by atoms with E-state index >= 15 is 0 Å². The van der Waals surface area contributed by atoms with Gasteiger partial charge in [0.2, 0.25) is 0 Å². The van der Waals surface area contributed by atoms with Crippen molar-refractivity contribution in [3.63, 3.8) is 0 Å². The van der Waals surface area contributed by atoms with Gasteiger partial charge < -0.3 is 9.90 Å². The van der Waals surface area contributed by atoms with Crippen LogP contribution in [0.2, 0.25) is 0 Å². The van der Waals surface area contributed by atoms with Gasteiger partial charge in [-0.25, -0.2) is 4.79 Å². The fourth-order valence-corrected chi connectivity index (χ4v) is 1.49. The number of nitro benzene ring substituents is 1. The highest BCUT2D eigenvalue weighted by molar-refractivity contribution is 5.91. The van der Waals surface area contributed by atoms with Crippen molar-refractivity contribution in [2.75, 3.05) is 0 Å². The zero-order valence-electron chi connectivity index (χ0n) is 9.62. The molecule has 6 heteroatoms. The van der Waals surface area contributed by atoms with E-state index in [1.165, 1.54) is 31.2 Å². The number of aldehydes is 1. The predicted molar refractivity (Wildman–Crippen MR) is 64.5 cm³/mol. The first kappa shape index (κ1) is 13.6. The number of carboxylic acid groups (broad SMARTS) is 1. The molecule has 0 radical (unpaired) electrons. The van der Waals surface area contributed by atoms with Crippen LogP contribution in [0, 0.1) is 17.0 Å². The molecule has 1 aromatic carbocycles. The van der Waals surface area contributed by atoms with Crippen molar-refractivity contribution in [2.45, 2.75) is 13.3 Å². The maximum Gasteiger partial charge on any atom is 0.336 e. The quantitative estimate of drug-likeness (QED) is 0.490. The summed E-state index contributed by atoms with van der Waals surface area (Å²) in [6, 6.07) is 2.62. The second-order valence-corrected chi connectivity index (χ2v) is 3.58. The second-order valence-electron chi connectivity index (χ2n) is 3.58. The number of benzene rings is 1. The molecule has 0 spiro atoms. The van der Waals surface area contributed by atoms with Crippen molar-refractivity contribution in [1.29, 1.82) is 0 Å². The van der Waals surface area contributed by atoms with E-state index in [-0.39, 0.29) is 23.2 Å². The highest BCUT2D eigenvalue weighted by Crippen LogP contribution is 2.24. The Kier molecular flexibility index (Phi) is 4.31. The van der Waals surface area contributed by atoms with Crippen molar-refractivity contribution >= 4 is 24.0 Å². The Morgan fingerprint density at radius 2 is 2.17 bits per heavy atom. The van der Waals surface area contributed by atoms with Gasteiger partial charge in [0.25, 0.3) is 5.69 Å². The Balaban J connectivity index is 3.33. The third kappa shape index (κ3) is 3.00. The summed E-state index contributed by atoms with van der Waals surface area (Å²) in [5.41, 5.74) is 0.127. The summed E-state index contributed by atoms with van der Waals surface area (Å²) < 4.78 is 0. The number of allylic oxidation sites excluding steroid dienone is 1. The lowest BCUT2D eigenvalue weighted by Crippen LogP contribution is -2.03. The van der Waals surface area contributed by atoms with Crippen molar-refractivity contribution in [1.82, 2.24) is 0 Å². The number of carbonyl (C=O) groups excluding carboxylic acids is 1. The molecule has 18 heavy (non-hydrogen) atoms. The van der Waals surface area contributed by atoms with E-state index in [0.29, 0.717) is 11.8 Å². The van der Waals surface area contributed by atoms with Crippen LogP contribution in [0.15, 0.2) is 18.2 Å². The molecule has 6 nitrogen and oxygen atoms in total. The summed E-state index contributed by atoms with van der Waals surface area (Å²) in [6.45, 7) is 1.39. The maximum absolute atomic E-state index is 11.0. The molecule has 0 bridgehead atoms. The van der Waals surface area contributed by atoms with Crippen LogP contribution in [-0.4, -0.2) is 22.3 Å². The summed E-state index contributed by atoms with van der Waals surface area (Å²) in [6.07, 6.45) is 3.83. The van der Waals surface area contributed by atoms with Gasteiger partial charge in [0.05, 0.1) is 10.5 Å². The predicted octanol–water partition coefficient (Wildman–Crippen LogP) is 2.20. The zero-order valence-corrected chi connectivity index (χ0v) is 9.62.